The molecule has 0 aliphatic carbocycles. The van der Waals surface area contributed by atoms with Gasteiger partial charge in [0, 0.05) is 6.61 Å². The van der Waals surface area contributed by atoms with E-state index in [0.717, 1.165) is 19.3 Å². The minimum absolute atomic E-state index is 0.218. The maximum Gasteiger partial charge on any atom is 0.0431 e. The second kappa shape index (κ2) is 5.32. The Morgan fingerprint density at radius 1 is 1.07 bits per heavy atom. The first-order valence-electron chi connectivity index (χ1n) is 5.75. The van der Waals surface area contributed by atoms with Crippen LogP contribution in [-0.4, -0.2) is 11.7 Å². The molecule has 1 nitrogen and oxygen atoms in total. The summed E-state index contributed by atoms with van der Waals surface area (Å²) in [4.78, 5) is 0. The number of rotatable bonds is 4. The fraction of sp³-hybridized carbons (Fsp3) is 0.571. The highest BCUT2D eigenvalue weighted by Gasteiger charge is 2.16. The molecule has 0 heterocycles. The molecule has 0 radical (unpaired) electrons. The largest absolute Gasteiger partial charge is 0.396 e. The van der Waals surface area contributed by atoms with Gasteiger partial charge in [0.15, 0.2) is 0 Å². The van der Waals surface area contributed by atoms with Crippen LogP contribution in [0.1, 0.15) is 44.7 Å². The zero-order chi connectivity index (χ0) is 11.3. The van der Waals surface area contributed by atoms with Crippen LogP contribution in [0.25, 0.3) is 0 Å². The minimum Gasteiger partial charge on any atom is -0.396 e. The quantitative estimate of drug-likeness (QED) is 0.749. The Balaban J connectivity index is 2.78. The monoisotopic (exact) mass is 206 g/mol. The summed E-state index contributed by atoms with van der Waals surface area (Å²) < 4.78 is 0. The van der Waals surface area contributed by atoms with Crippen molar-refractivity contribution in [3.05, 3.63) is 35.4 Å². The number of aliphatic hydroxyl groups excluding tert-OH is 1. The molecule has 0 atom stereocenters. The molecule has 0 unspecified atom stereocenters. The highest BCUT2D eigenvalue weighted by Crippen LogP contribution is 2.26. The van der Waals surface area contributed by atoms with Crippen LogP contribution in [0.2, 0.25) is 0 Å². The van der Waals surface area contributed by atoms with Crippen molar-refractivity contribution >= 4 is 0 Å². The summed E-state index contributed by atoms with van der Waals surface area (Å²) in [5.41, 5.74) is 3.08. The van der Waals surface area contributed by atoms with E-state index in [2.05, 4.69) is 45.0 Å². The molecule has 15 heavy (non-hydrogen) atoms. The Labute approximate surface area is 93.1 Å². The Morgan fingerprint density at radius 3 is 2.33 bits per heavy atom. The van der Waals surface area contributed by atoms with Crippen LogP contribution in [0.5, 0.6) is 0 Å². The van der Waals surface area contributed by atoms with E-state index in [0.29, 0.717) is 6.61 Å². The fourth-order valence-corrected chi connectivity index (χ4v) is 1.90. The Hall–Kier alpha value is -0.820. The summed E-state index contributed by atoms with van der Waals surface area (Å²) in [6.07, 6.45) is 3.05. The van der Waals surface area contributed by atoms with Gasteiger partial charge < -0.3 is 5.11 Å². The van der Waals surface area contributed by atoms with Gasteiger partial charge in [-0.3, -0.25) is 0 Å². The van der Waals surface area contributed by atoms with E-state index in [1.54, 1.807) is 0 Å². The summed E-state index contributed by atoms with van der Waals surface area (Å²) >= 11 is 0. The molecule has 0 aliphatic rings. The van der Waals surface area contributed by atoms with Gasteiger partial charge in [-0.25, -0.2) is 0 Å². The maximum absolute atomic E-state index is 8.77. The molecule has 1 heteroatoms. The lowest BCUT2D eigenvalue weighted by Crippen LogP contribution is -2.14. The second-order valence-corrected chi connectivity index (χ2v) is 5.09. The van der Waals surface area contributed by atoms with Crippen molar-refractivity contribution in [2.24, 2.45) is 0 Å². The summed E-state index contributed by atoms with van der Waals surface area (Å²) in [7, 11) is 0. The van der Waals surface area contributed by atoms with Crippen molar-refractivity contribution in [1.82, 2.24) is 0 Å². The number of hydrogen-bond acceptors (Lipinski definition) is 1. The highest BCUT2D eigenvalue weighted by atomic mass is 16.2. The molecule has 0 aromatic heterocycles. The third kappa shape index (κ3) is 3.67. The van der Waals surface area contributed by atoms with E-state index in [1.807, 2.05) is 0 Å². The van der Waals surface area contributed by atoms with E-state index in [-0.39, 0.29) is 5.41 Å². The van der Waals surface area contributed by atoms with Crippen LogP contribution >= 0.6 is 0 Å². The summed E-state index contributed by atoms with van der Waals surface area (Å²) in [5, 5.41) is 8.77. The lowest BCUT2D eigenvalue weighted by Gasteiger charge is -2.22. The van der Waals surface area contributed by atoms with Crippen molar-refractivity contribution < 1.29 is 5.11 Å². The number of benzene rings is 1. The van der Waals surface area contributed by atoms with Gasteiger partial charge in [0.05, 0.1) is 0 Å². The average Bonchev–Trinajstić information content (AvgIpc) is 2.17. The summed E-state index contributed by atoms with van der Waals surface area (Å²) in [6.45, 7) is 7.05. The Bertz CT molecular complexity index is 296. The lowest BCUT2D eigenvalue weighted by molar-refractivity contribution is 0.284. The molecule has 84 valence electrons. The van der Waals surface area contributed by atoms with Gasteiger partial charge in [0.25, 0.3) is 0 Å². The molecular formula is C14H22O. The molecule has 1 aromatic rings. The predicted molar refractivity (Wildman–Crippen MR) is 65.2 cm³/mol. The van der Waals surface area contributed by atoms with Gasteiger partial charge in [-0.2, -0.15) is 0 Å². The van der Waals surface area contributed by atoms with Crippen molar-refractivity contribution in [2.75, 3.05) is 6.61 Å². The van der Waals surface area contributed by atoms with Crippen LogP contribution in [0, 0.1) is 0 Å². The van der Waals surface area contributed by atoms with Gasteiger partial charge in [0.2, 0.25) is 0 Å². The molecule has 0 saturated heterocycles. The first-order chi connectivity index (χ1) is 7.05. The van der Waals surface area contributed by atoms with Crippen molar-refractivity contribution in [3.63, 3.8) is 0 Å². The number of hydrogen-bond donors (Lipinski definition) is 1. The van der Waals surface area contributed by atoms with E-state index in [4.69, 9.17) is 5.11 Å². The number of unbranched alkanes of at least 4 members (excludes halogenated alkanes) is 1. The summed E-state index contributed by atoms with van der Waals surface area (Å²) in [5.74, 6) is 0. The first-order valence-corrected chi connectivity index (χ1v) is 5.75. The maximum atomic E-state index is 8.77. The molecule has 0 bridgehead atoms. The fourth-order valence-electron chi connectivity index (χ4n) is 1.90. The van der Waals surface area contributed by atoms with E-state index in [1.165, 1.54) is 11.1 Å². The zero-order valence-electron chi connectivity index (χ0n) is 10.1. The smallest absolute Gasteiger partial charge is 0.0431 e. The Kier molecular flexibility index (Phi) is 4.34. The lowest BCUT2D eigenvalue weighted by atomic mass is 9.82. The van der Waals surface area contributed by atoms with Crippen LogP contribution in [0.15, 0.2) is 24.3 Å². The van der Waals surface area contributed by atoms with Gasteiger partial charge >= 0.3 is 0 Å². The van der Waals surface area contributed by atoms with Crippen molar-refractivity contribution in [2.45, 2.75) is 45.4 Å². The van der Waals surface area contributed by atoms with E-state index < -0.39 is 0 Å². The standard InChI is InChI=1S/C14H22O/c1-14(2,3)13-10-5-4-8-12(13)9-6-7-11-15/h4-5,8,10,15H,6-7,9,11H2,1-3H3. The minimum atomic E-state index is 0.218. The van der Waals surface area contributed by atoms with Crippen LogP contribution < -0.4 is 0 Å². The zero-order valence-corrected chi connectivity index (χ0v) is 10.1. The van der Waals surface area contributed by atoms with Gasteiger partial charge in [-0.05, 0) is 35.8 Å². The highest BCUT2D eigenvalue weighted by molar-refractivity contribution is 5.32. The molecule has 0 saturated carbocycles. The third-order valence-electron chi connectivity index (χ3n) is 2.68. The van der Waals surface area contributed by atoms with Crippen LogP contribution in [-0.2, 0) is 11.8 Å². The molecule has 0 aliphatic heterocycles. The topological polar surface area (TPSA) is 20.2 Å². The molecular weight excluding hydrogens is 184 g/mol. The van der Waals surface area contributed by atoms with Crippen molar-refractivity contribution in [1.29, 1.82) is 0 Å². The average molecular weight is 206 g/mol. The van der Waals surface area contributed by atoms with Gasteiger partial charge in [-0.15, -0.1) is 0 Å². The SMILES string of the molecule is CC(C)(C)c1ccccc1CCCCO. The van der Waals surface area contributed by atoms with Gasteiger partial charge in [-0.1, -0.05) is 45.0 Å². The summed E-state index contributed by atoms with van der Waals surface area (Å²) in [6, 6.07) is 8.63. The first kappa shape index (κ1) is 12.3. The molecule has 1 rings (SSSR count). The van der Waals surface area contributed by atoms with E-state index in [9.17, 15) is 0 Å². The van der Waals surface area contributed by atoms with Crippen LogP contribution in [0.4, 0.5) is 0 Å². The van der Waals surface area contributed by atoms with Crippen molar-refractivity contribution in [3.8, 4) is 0 Å². The second-order valence-electron chi connectivity index (χ2n) is 5.09. The predicted octanol–water partition coefficient (Wildman–Crippen LogP) is 3.30. The Morgan fingerprint density at radius 2 is 1.73 bits per heavy atom. The third-order valence-corrected chi connectivity index (χ3v) is 2.68. The molecule has 0 spiro atoms. The molecule has 0 fully saturated rings. The van der Waals surface area contributed by atoms with Crippen LogP contribution in [0.3, 0.4) is 0 Å². The molecule has 0 amide bonds. The van der Waals surface area contributed by atoms with Gasteiger partial charge in [0.1, 0.15) is 0 Å². The normalized spacial score (nSPS) is 11.7. The molecule has 1 aromatic carbocycles. The number of aryl methyl sites for hydroxylation is 1. The molecule has 1 N–H and O–H groups in total. The number of aliphatic hydroxyl groups is 1. The van der Waals surface area contributed by atoms with E-state index >= 15 is 0 Å².